The van der Waals surface area contributed by atoms with Crippen molar-refractivity contribution in [2.75, 3.05) is 12.3 Å². The first kappa shape index (κ1) is 13.1. The molecule has 19 heavy (non-hydrogen) atoms. The molecular formula is C13H18N6. The van der Waals surface area contributed by atoms with Gasteiger partial charge in [-0.3, -0.25) is 0 Å². The molecule has 5 N–H and O–H groups in total. The van der Waals surface area contributed by atoms with E-state index in [0.717, 1.165) is 30.5 Å². The molecule has 0 aliphatic rings. The first-order valence-electron chi connectivity index (χ1n) is 6.15. The van der Waals surface area contributed by atoms with E-state index in [2.05, 4.69) is 15.0 Å². The summed E-state index contributed by atoms with van der Waals surface area (Å²) >= 11 is 0. The van der Waals surface area contributed by atoms with Gasteiger partial charge in [-0.25, -0.2) is 9.97 Å². The molecule has 6 heteroatoms. The molecule has 0 aliphatic carbocycles. The Bertz CT molecular complexity index is 565. The van der Waals surface area contributed by atoms with Gasteiger partial charge < -0.3 is 21.0 Å². The van der Waals surface area contributed by atoms with Gasteiger partial charge in [-0.15, -0.1) is 0 Å². The second kappa shape index (κ2) is 6.55. The van der Waals surface area contributed by atoms with Crippen LogP contribution in [0.15, 0.2) is 43.0 Å². The van der Waals surface area contributed by atoms with Crippen LogP contribution in [0.1, 0.15) is 6.42 Å². The van der Waals surface area contributed by atoms with Crippen LogP contribution in [0.4, 0.5) is 5.95 Å². The molecule has 2 aromatic heterocycles. The number of aromatic nitrogens is 4. The molecule has 0 spiro atoms. The average Bonchev–Trinajstić information content (AvgIpc) is 3.04. The Morgan fingerprint density at radius 2 is 2.11 bits per heavy atom. The van der Waals surface area contributed by atoms with Crippen LogP contribution in [0.5, 0.6) is 0 Å². The summed E-state index contributed by atoms with van der Waals surface area (Å²) in [5.74, 6) is 0.473. The van der Waals surface area contributed by atoms with Crippen molar-refractivity contribution in [2.24, 2.45) is 5.73 Å². The fourth-order valence-corrected chi connectivity index (χ4v) is 1.67. The van der Waals surface area contributed by atoms with Crippen molar-refractivity contribution in [2.45, 2.75) is 13.0 Å². The Morgan fingerprint density at radius 1 is 1.26 bits per heavy atom. The Hall–Kier alpha value is -2.34. The number of aromatic amines is 1. The molecule has 3 rings (SSSR count). The molecule has 0 fully saturated rings. The smallest absolute Gasteiger partial charge is 0.198 e. The minimum Gasteiger partial charge on any atom is -0.369 e. The van der Waals surface area contributed by atoms with Gasteiger partial charge in [-0.05, 0) is 25.1 Å². The van der Waals surface area contributed by atoms with E-state index in [9.17, 15) is 0 Å². The Morgan fingerprint density at radius 3 is 2.79 bits per heavy atom. The predicted molar refractivity (Wildman–Crippen MR) is 76.4 cm³/mol. The minimum absolute atomic E-state index is 0.473. The maximum absolute atomic E-state index is 5.42. The summed E-state index contributed by atoms with van der Waals surface area (Å²) in [6, 6.07) is 7.74. The predicted octanol–water partition coefficient (Wildman–Crippen LogP) is 1.38. The number of para-hydroxylation sites is 2. The van der Waals surface area contributed by atoms with Gasteiger partial charge in [0.05, 0.1) is 17.4 Å². The molecule has 1 aromatic carbocycles. The zero-order valence-corrected chi connectivity index (χ0v) is 10.7. The summed E-state index contributed by atoms with van der Waals surface area (Å²) in [7, 11) is 0. The largest absolute Gasteiger partial charge is 0.369 e. The Balaban J connectivity index is 0.000000141. The van der Waals surface area contributed by atoms with Gasteiger partial charge in [0, 0.05) is 18.9 Å². The van der Waals surface area contributed by atoms with Crippen molar-refractivity contribution < 1.29 is 0 Å². The molecular weight excluding hydrogens is 240 g/mol. The molecule has 2 heterocycles. The summed E-state index contributed by atoms with van der Waals surface area (Å²) in [5.41, 5.74) is 12.6. The molecule has 100 valence electrons. The highest BCUT2D eigenvalue weighted by atomic mass is 15.0. The van der Waals surface area contributed by atoms with Gasteiger partial charge in [0.1, 0.15) is 0 Å². The van der Waals surface area contributed by atoms with E-state index in [1.54, 1.807) is 12.5 Å². The summed E-state index contributed by atoms with van der Waals surface area (Å²) in [5, 5.41) is 0. The molecule has 3 aromatic rings. The highest BCUT2D eigenvalue weighted by Crippen LogP contribution is 2.10. The third kappa shape index (κ3) is 3.82. The first-order valence-corrected chi connectivity index (χ1v) is 6.15. The number of benzene rings is 1. The third-order valence-electron chi connectivity index (χ3n) is 2.59. The number of aryl methyl sites for hydroxylation is 1. The number of nitrogens with two attached hydrogens (primary N) is 2. The van der Waals surface area contributed by atoms with Gasteiger partial charge in [0.25, 0.3) is 0 Å². The van der Waals surface area contributed by atoms with E-state index in [1.165, 1.54) is 0 Å². The number of nitrogen functional groups attached to an aromatic ring is 1. The molecule has 6 nitrogen and oxygen atoms in total. The highest BCUT2D eigenvalue weighted by Gasteiger charge is 1.94. The fourth-order valence-electron chi connectivity index (χ4n) is 1.67. The van der Waals surface area contributed by atoms with E-state index >= 15 is 0 Å². The van der Waals surface area contributed by atoms with Gasteiger partial charge in [-0.1, -0.05) is 12.1 Å². The van der Waals surface area contributed by atoms with E-state index in [-0.39, 0.29) is 0 Å². The van der Waals surface area contributed by atoms with Crippen molar-refractivity contribution in [1.82, 2.24) is 19.5 Å². The number of anilines is 1. The summed E-state index contributed by atoms with van der Waals surface area (Å²) in [4.78, 5) is 10.9. The molecule has 0 bridgehead atoms. The van der Waals surface area contributed by atoms with Crippen molar-refractivity contribution >= 4 is 17.0 Å². The molecule has 0 unspecified atom stereocenters. The zero-order chi connectivity index (χ0) is 13.5. The lowest BCUT2D eigenvalue weighted by Crippen LogP contribution is -2.03. The minimum atomic E-state index is 0.473. The topological polar surface area (TPSA) is 98.5 Å². The van der Waals surface area contributed by atoms with Gasteiger partial charge in [0.15, 0.2) is 5.95 Å². The van der Waals surface area contributed by atoms with E-state index in [4.69, 9.17) is 11.5 Å². The molecule has 0 radical (unpaired) electrons. The van der Waals surface area contributed by atoms with E-state index in [1.807, 2.05) is 35.0 Å². The van der Waals surface area contributed by atoms with Gasteiger partial charge in [0.2, 0.25) is 0 Å². The monoisotopic (exact) mass is 258 g/mol. The molecule has 0 aliphatic heterocycles. The van der Waals surface area contributed by atoms with Crippen LogP contribution < -0.4 is 11.5 Å². The normalized spacial score (nSPS) is 10.2. The lowest BCUT2D eigenvalue weighted by atomic mass is 10.3. The Labute approximate surface area is 111 Å². The number of hydrogen-bond acceptors (Lipinski definition) is 4. The Kier molecular flexibility index (Phi) is 4.52. The number of nitrogens with zero attached hydrogens (tertiary/aromatic N) is 3. The fraction of sp³-hybridized carbons (Fsp3) is 0.231. The van der Waals surface area contributed by atoms with Crippen LogP contribution in [0.2, 0.25) is 0 Å². The molecule has 0 atom stereocenters. The van der Waals surface area contributed by atoms with Crippen LogP contribution in [-0.2, 0) is 6.54 Å². The van der Waals surface area contributed by atoms with Crippen molar-refractivity contribution in [1.29, 1.82) is 0 Å². The number of nitrogens with one attached hydrogen (secondary N) is 1. The van der Waals surface area contributed by atoms with Crippen molar-refractivity contribution in [3.63, 3.8) is 0 Å². The van der Waals surface area contributed by atoms with Crippen LogP contribution >= 0.6 is 0 Å². The van der Waals surface area contributed by atoms with Gasteiger partial charge >= 0.3 is 0 Å². The number of hydrogen-bond donors (Lipinski definition) is 3. The number of imidazole rings is 2. The summed E-state index contributed by atoms with van der Waals surface area (Å²) < 4.78 is 2.02. The highest BCUT2D eigenvalue weighted by molar-refractivity contribution is 5.76. The standard InChI is InChI=1S/C7H7N3.C6H11N3/c8-7-9-5-3-1-2-4-6(5)10-7;7-2-1-4-9-5-3-8-6-9/h1-4H,(H3,8,9,10);3,5-6H,1-2,4,7H2. The SMILES string of the molecule is NCCCn1ccnc1.Nc1nc2ccccc2[nH]1. The van der Waals surface area contributed by atoms with Crippen molar-refractivity contribution in [3.05, 3.63) is 43.0 Å². The number of H-pyrrole nitrogens is 1. The maximum Gasteiger partial charge on any atom is 0.198 e. The van der Waals surface area contributed by atoms with Crippen LogP contribution in [0, 0.1) is 0 Å². The van der Waals surface area contributed by atoms with Crippen LogP contribution in [-0.4, -0.2) is 26.1 Å². The van der Waals surface area contributed by atoms with Gasteiger partial charge in [-0.2, -0.15) is 0 Å². The third-order valence-corrected chi connectivity index (χ3v) is 2.59. The van der Waals surface area contributed by atoms with Crippen molar-refractivity contribution in [3.8, 4) is 0 Å². The molecule has 0 saturated carbocycles. The lowest BCUT2D eigenvalue weighted by Gasteiger charge is -1.96. The second-order valence-electron chi connectivity index (χ2n) is 4.08. The summed E-state index contributed by atoms with van der Waals surface area (Å²) in [6.07, 6.45) is 6.54. The number of rotatable bonds is 3. The maximum atomic E-state index is 5.42. The lowest BCUT2D eigenvalue weighted by molar-refractivity contribution is 0.650. The van der Waals surface area contributed by atoms with E-state index in [0.29, 0.717) is 5.95 Å². The average molecular weight is 258 g/mol. The molecule has 0 amide bonds. The second-order valence-corrected chi connectivity index (χ2v) is 4.08. The quantitative estimate of drug-likeness (QED) is 0.661. The summed E-state index contributed by atoms with van der Waals surface area (Å²) in [6.45, 7) is 1.73. The van der Waals surface area contributed by atoms with Crippen LogP contribution in [0.3, 0.4) is 0 Å². The number of fused-ring (bicyclic) bond motifs is 1. The van der Waals surface area contributed by atoms with E-state index < -0.39 is 0 Å². The zero-order valence-electron chi connectivity index (χ0n) is 10.7. The molecule has 0 saturated heterocycles. The van der Waals surface area contributed by atoms with Crippen LogP contribution in [0.25, 0.3) is 11.0 Å². The first-order chi connectivity index (χ1) is 9.29.